The molecule has 26 heavy (non-hydrogen) atoms. The molecule has 1 amide bonds. The molecule has 0 saturated carbocycles. The Labute approximate surface area is 156 Å². The Kier molecular flexibility index (Phi) is 5.89. The molecule has 0 aliphatic carbocycles. The average molecular weight is 397 g/mol. The zero-order chi connectivity index (χ0) is 19.5. The molecule has 0 radical (unpaired) electrons. The van der Waals surface area contributed by atoms with Crippen LogP contribution in [0.2, 0.25) is 5.02 Å². The van der Waals surface area contributed by atoms with Gasteiger partial charge in [0.25, 0.3) is 10.0 Å². The fraction of sp³-hybridized carbons (Fsp3) is 0.176. The number of aryl methyl sites for hydroxylation is 1. The lowest BCUT2D eigenvalue weighted by Gasteiger charge is -2.13. The number of anilines is 2. The molecule has 0 aromatic heterocycles. The third kappa shape index (κ3) is 4.53. The number of carbonyl (C=O) groups excluding carboxylic acids is 2. The van der Waals surface area contributed by atoms with E-state index in [0.717, 1.165) is 0 Å². The first-order valence-corrected chi connectivity index (χ1v) is 9.29. The van der Waals surface area contributed by atoms with Crippen LogP contribution in [0.15, 0.2) is 41.3 Å². The van der Waals surface area contributed by atoms with Crippen LogP contribution in [0.3, 0.4) is 0 Å². The maximum Gasteiger partial charge on any atom is 0.337 e. The highest BCUT2D eigenvalue weighted by atomic mass is 35.5. The van der Waals surface area contributed by atoms with Crippen molar-refractivity contribution in [3.63, 3.8) is 0 Å². The van der Waals surface area contributed by atoms with Gasteiger partial charge in [-0.3, -0.25) is 9.52 Å². The molecule has 2 N–H and O–H groups in total. The van der Waals surface area contributed by atoms with Gasteiger partial charge in [-0.2, -0.15) is 0 Å². The number of halogens is 1. The molecule has 0 fully saturated rings. The van der Waals surface area contributed by atoms with Gasteiger partial charge >= 0.3 is 5.97 Å². The Balaban J connectivity index is 2.36. The minimum atomic E-state index is -3.95. The maximum atomic E-state index is 12.6. The van der Waals surface area contributed by atoms with Crippen LogP contribution in [0.5, 0.6) is 0 Å². The predicted molar refractivity (Wildman–Crippen MR) is 99.1 cm³/mol. The summed E-state index contributed by atoms with van der Waals surface area (Å²) in [7, 11) is -2.71. The quantitative estimate of drug-likeness (QED) is 0.755. The highest BCUT2D eigenvalue weighted by molar-refractivity contribution is 7.92. The number of ether oxygens (including phenoxy) is 1. The Morgan fingerprint density at radius 1 is 1.08 bits per heavy atom. The van der Waals surface area contributed by atoms with Crippen LogP contribution in [0, 0.1) is 6.92 Å². The van der Waals surface area contributed by atoms with E-state index in [1.54, 1.807) is 13.0 Å². The first kappa shape index (κ1) is 19.7. The fourth-order valence-electron chi connectivity index (χ4n) is 2.13. The number of carbonyl (C=O) groups is 2. The molecule has 0 heterocycles. The number of hydrogen-bond acceptors (Lipinski definition) is 5. The Bertz CT molecular complexity index is 973. The lowest BCUT2D eigenvalue weighted by Crippen LogP contribution is -2.15. The summed E-state index contributed by atoms with van der Waals surface area (Å²) in [6.45, 7) is 3.02. The lowest BCUT2D eigenvalue weighted by molar-refractivity contribution is -0.114. The number of hydrogen-bond donors (Lipinski definition) is 2. The molecule has 0 aliphatic heterocycles. The molecular weight excluding hydrogens is 380 g/mol. The van der Waals surface area contributed by atoms with Gasteiger partial charge in [-0.15, -0.1) is 0 Å². The van der Waals surface area contributed by atoms with Gasteiger partial charge in [0.15, 0.2) is 0 Å². The molecule has 2 aromatic carbocycles. The van der Waals surface area contributed by atoms with E-state index < -0.39 is 16.0 Å². The van der Waals surface area contributed by atoms with Crippen LogP contribution in [0.4, 0.5) is 11.4 Å². The number of rotatable bonds is 5. The van der Waals surface area contributed by atoms with E-state index in [9.17, 15) is 18.0 Å². The second-order valence-corrected chi connectivity index (χ2v) is 7.54. The van der Waals surface area contributed by atoms with Crippen molar-refractivity contribution in [1.82, 2.24) is 0 Å². The van der Waals surface area contributed by atoms with E-state index >= 15 is 0 Å². The van der Waals surface area contributed by atoms with Crippen molar-refractivity contribution in [1.29, 1.82) is 0 Å². The van der Waals surface area contributed by atoms with Gasteiger partial charge in [-0.05, 0) is 42.8 Å². The first-order chi connectivity index (χ1) is 12.1. The summed E-state index contributed by atoms with van der Waals surface area (Å²) in [5.74, 6) is -0.899. The number of sulfonamides is 1. The zero-order valence-electron chi connectivity index (χ0n) is 14.3. The predicted octanol–water partition coefficient (Wildman–Crippen LogP) is 3.19. The molecule has 2 rings (SSSR count). The Morgan fingerprint density at radius 3 is 2.35 bits per heavy atom. The fourth-order valence-corrected chi connectivity index (χ4v) is 3.57. The molecule has 0 atom stereocenters. The van der Waals surface area contributed by atoms with Crippen LogP contribution >= 0.6 is 11.6 Å². The van der Waals surface area contributed by atoms with Crippen molar-refractivity contribution in [3.05, 3.63) is 52.5 Å². The molecule has 0 bridgehead atoms. The molecule has 9 heteroatoms. The molecule has 138 valence electrons. The minimum Gasteiger partial charge on any atom is -0.465 e. The summed E-state index contributed by atoms with van der Waals surface area (Å²) in [6.07, 6.45) is 0. The van der Waals surface area contributed by atoms with Crippen LogP contribution < -0.4 is 10.0 Å². The Morgan fingerprint density at radius 2 is 1.77 bits per heavy atom. The normalized spacial score (nSPS) is 10.9. The van der Waals surface area contributed by atoms with E-state index in [2.05, 4.69) is 14.8 Å². The summed E-state index contributed by atoms with van der Waals surface area (Å²) in [5, 5.41) is 2.59. The van der Waals surface area contributed by atoms with Crippen LogP contribution in [0.25, 0.3) is 0 Å². The summed E-state index contributed by atoms with van der Waals surface area (Å²) >= 11 is 6.03. The highest BCUT2D eigenvalue weighted by Gasteiger charge is 2.18. The topological polar surface area (TPSA) is 102 Å². The van der Waals surface area contributed by atoms with Gasteiger partial charge in [0, 0.05) is 6.92 Å². The van der Waals surface area contributed by atoms with Crippen molar-refractivity contribution in [2.75, 3.05) is 17.1 Å². The number of methoxy groups -OCH3 is 1. The summed E-state index contributed by atoms with van der Waals surface area (Å²) in [6, 6.07) is 8.49. The molecule has 0 unspecified atom stereocenters. The van der Waals surface area contributed by atoms with Gasteiger partial charge in [0.2, 0.25) is 5.91 Å². The molecule has 7 nitrogen and oxygen atoms in total. The second-order valence-electron chi connectivity index (χ2n) is 5.45. The van der Waals surface area contributed by atoms with Crippen LogP contribution in [0.1, 0.15) is 22.8 Å². The third-order valence-electron chi connectivity index (χ3n) is 3.46. The highest BCUT2D eigenvalue weighted by Crippen LogP contribution is 2.27. The van der Waals surface area contributed by atoms with Gasteiger partial charge in [0.05, 0.1) is 34.0 Å². The van der Waals surface area contributed by atoms with Crippen molar-refractivity contribution < 1.29 is 22.7 Å². The number of esters is 1. The van der Waals surface area contributed by atoms with Crippen LogP contribution in [-0.4, -0.2) is 27.4 Å². The second kappa shape index (κ2) is 7.76. The average Bonchev–Trinajstić information content (AvgIpc) is 2.57. The first-order valence-electron chi connectivity index (χ1n) is 7.43. The standard InChI is InChI=1S/C17H17ClN2O5S/c1-10-4-5-12(17(22)25-3)8-16(10)20-26(23,24)13-6-7-15(14(18)9-13)19-11(2)21/h4-9,20H,1-3H3,(H,19,21). The van der Waals surface area contributed by atoms with Gasteiger partial charge in [-0.1, -0.05) is 17.7 Å². The summed E-state index contributed by atoms with van der Waals surface area (Å²) in [4.78, 5) is 22.6. The molecule has 0 saturated heterocycles. The van der Waals surface area contributed by atoms with Crippen molar-refractivity contribution in [3.8, 4) is 0 Å². The van der Waals surface area contributed by atoms with E-state index in [1.165, 1.54) is 44.4 Å². The molecule has 0 aliphatic rings. The largest absolute Gasteiger partial charge is 0.465 e. The molecule has 2 aromatic rings. The van der Waals surface area contributed by atoms with Crippen molar-refractivity contribution >= 4 is 44.9 Å². The van der Waals surface area contributed by atoms with E-state index in [-0.39, 0.29) is 27.1 Å². The Hall–Kier alpha value is -2.58. The van der Waals surface area contributed by atoms with Gasteiger partial charge in [0.1, 0.15) is 0 Å². The maximum absolute atomic E-state index is 12.6. The van der Waals surface area contributed by atoms with E-state index in [0.29, 0.717) is 11.3 Å². The number of benzene rings is 2. The van der Waals surface area contributed by atoms with E-state index in [1.807, 2.05) is 0 Å². The molecular formula is C17H17ClN2O5S. The van der Waals surface area contributed by atoms with Crippen molar-refractivity contribution in [2.45, 2.75) is 18.7 Å². The van der Waals surface area contributed by atoms with Crippen molar-refractivity contribution in [2.24, 2.45) is 0 Å². The van der Waals surface area contributed by atoms with Gasteiger partial charge < -0.3 is 10.1 Å². The van der Waals surface area contributed by atoms with Gasteiger partial charge in [-0.25, -0.2) is 13.2 Å². The third-order valence-corrected chi connectivity index (χ3v) is 5.14. The summed E-state index contributed by atoms with van der Waals surface area (Å²) in [5.41, 5.74) is 1.40. The SMILES string of the molecule is COC(=O)c1ccc(C)c(NS(=O)(=O)c2ccc(NC(C)=O)c(Cl)c2)c1. The molecule has 0 spiro atoms. The smallest absolute Gasteiger partial charge is 0.337 e. The number of amides is 1. The monoisotopic (exact) mass is 396 g/mol. The van der Waals surface area contributed by atoms with Crippen LogP contribution in [-0.2, 0) is 19.6 Å². The van der Waals surface area contributed by atoms with E-state index in [4.69, 9.17) is 11.6 Å². The zero-order valence-corrected chi connectivity index (χ0v) is 15.9. The summed E-state index contributed by atoms with van der Waals surface area (Å²) < 4.78 is 32.3. The minimum absolute atomic E-state index is 0.0838. The lowest BCUT2D eigenvalue weighted by atomic mass is 10.1. The number of nitrogens with one attached hydrogen (secondary N) is 2.